The van der Waals surface area contributed by atoms with Crippen molar-refractivity contribution in [3.05, 3.63) is 79.1 Å². The second-order valence-corrected chi connectivity index (χ2v) is 6.92. The molecule has 1 heterocycles. The summed E-state index contributed by atoms with van der Waals surface area (Å²) < 4.78 is 1.85. The van der Waals surface area contributed by atoms with Gasteiger partial charge in [-0.25, -0.2) is 0 Å². The van der Waals surface area contributed by atoms with Crippen LogP contribution < -0.4 is 10.9 Å². The van der Waals surface area contributed by atoms with E-state index < -0.39 is 17.2 Å². The highest BCUT2D eigenvalue weighted by Gasteiger charge is 2.17. The Morgan fingerprint density at radius 3 is 2.42 bits per heavy atom. The highest BCUT2D eigenvalue weighted by Crippen LogP contribution is 2.25. The van der Waals surface area contributed by atoms with Gasteiger partial charge in [-0.2, -0.15) is 9.78 Å². The Kier molecular flexibility index (Phi) is 5.31. The van der Waals surface area contributed by atoms with Crippen LogP contribution in [0.2, 0.25) is 10.0 Å². The number of halogens is 3. The second-order valence-electron chi connectivity index (χ2n) is 5.19. The summed E-state index contributed by atoms with van der Waals surface area (Å²) in [7, 11) is 0. The molecule has 0 atom stereocenters. The van der Waals surface area contributed by atoms with Crippen LogP contribution in [-0.2, 0) is 0 Å². The molecular formula is C17H10BrCl2N3O3. The molecule has 0 spiro atoms. The van der Waals surface area contributed by atoms with Crippen LogP contribution in [0, 0.1) is 0 Å². The van der Waals surface area contributed by atoms with Crippen LogP contribution in [-0.4, -0.2) is 20.8 Å². The number of rotatable bonds is 3. The van der Waals surface area contributed by atoms with Crippen molar-refractivity contribution in [3.8, 4) is 11.4 Å². The zero-order valence-corrected chi connectivity index (χ0v) is 16.0. The molecule has 2 N–H and O–H groups in total. The van der Waals surface area contributed by atoms with Crippen LogP contribution in [0.15, 0.2) is 57.8 Å². The molecule has 2 aromatic carbocycles. The molecule has 0 fully saturated rings. The third kappa shape index (κ3) is 3.90. The van der Waals surface area contributed by atoms with Crippen LogP contribution in [0.4, 0.5) is 5.69 Å². The van der Waals surface area contributed by atoms with E-state index in [4.69, 9.17) is 23.2 Å². The summed E-state index contributed by atoms with van der Waals surface area (Å²) in [5.74, 6) is -1.23. The minimum absolute atomic E-state index is 0.265. The molecule has 0 saturated heterocycles. The zero-order valence-electron chi connectivity index (χ0n) is 12.9. The van der Waals surface area contributed by atoms with E-state index in [1.165, 1.54) is 12.1 Å². The number of carbonyl (C=O) groups is 1. The monoisotopic (exact) mass is 453 g/mol. The van der Waals surface area contributed by atoms with Crippen molar-refractivity contribution in [2.45, 2.75) is 0 Å². The summed E-state index contributed by atoms with van der Waals surface area (Å²) in [6.07, 6.45) is 0. The average Bonchev–Trinajstić information content (AvgIpc) is 2.59. The van der Waals surface area contributed by atoms with Gasteiger partial charge in [-0.15, -0.1) is 0 Å². The first-order valence-corrected chi connectivity index (χ1v) is 8.76. The number of carbonyl (C=O) groups excluding carboxylic acids is 1. The minimum Gasteiger partial charge on any atom is -0.505 e. The Morgan fingerprint density at radius 1 is 1.08 bits per heavy atom. The van der Waals surface area contributed by atoms with E-state index in [-0.39, 0.29) is 10.7 Å². The van der Waals surface area contributed by atoms with E-state index in [0.29, 0.717) is 16.4 Å². The minimum atomic E-state index is -0.702. The molecule has 0 saturated carbocycles. The first kappa shape index (κ1) is 18.4. The summed E-state index contributed by atoms with van der Waals surface area (Å²) in [6, 6.07) is 12.2. The van der Waals surface area contributed by atoms with Crippen LogP contribution in [0.25, 0.3) is 5.69 Å². The molecule has 3 aromatic rings. The van der Waals surface area contributed by atoms with Crippen LogP contribution >= 0.6 is 39.1 Å². The Labute approximate surface area is 166 Å². The fourth-order valence-electron chi connectivity index (χ4n) is 2.14. The molecule has 0 aliphatic rings. The van der Waals surface area contributed by atoms with Crippen molar-refractivity contribution >= 4 is 50.7 Å². The Hall–Kier alpha value is -2.35. The first-order chi connectivity index (χ1) is 12.3. The number of aromatic hydroxyl groups is 1. The van der Waals surface area contributed by atoms with Crippen LogP contribution in [0.1, 0.15) is 10.5 Å². The van der Waals surface area contributed by atoms with Gasteiger partial charge >= 0.3 is 0 Å². The number of hydrogen-bond acceptors (Lipinski definition) is 4. The maximum atomic E-state index is 12.4. The highest BCUT2D eigenvalue weighted by molar-refractivity contribution is 9.10. The van der Waals surface area contributed by atoms with Gasteiger partial charge < -0.3 is 10.4 Å². The number of amides is 1. The Balaban J connectivity index is 1.97. The maximum Gasteiger partial charge on any atom is 0.279 e. The van der Waals surface area contributed by atoms with Gasteiger partial charge in [0.1, 0.15) is 0 Å². The molecule has 0 radical (unpaired) electrons. The van der Waals surface area contributed by atoms with Gasteiger partial charge in [0.2, 0.25) is 0 Å². The van der Waals surface area contributed by atoms with E-state index in [9.17, 15) is 14.7 Å². The molecule has 0 bridgehead atoms. The van der Waals surface area contributed by atoms with Gasteiger partial charge in [-0.1, -0.05) is 39.1 Å². The predicted molar refractivity (Wildman–Crippen MR) is 104 cm³/mol. The number of benzene rings is 2. The first-order valence-electron chi connectivity index (χ1n) is 7.21. The van der Waals surface area contributed by atoms with Gasteiger partial charge in [-0.05, 0) is 42.5 Å². The van der Waals surface area contributed by atoms with E-state index in [1.54, 1.807) is 30.3 Å². The standard InChI is InChI=1S/C17H10BrCl2N3O3/c18-9-1-4-11(5-2-9)23-15(25)8-14(24)16(22-23)17(26)21-10-3-6-12(19)13(20)7-10/h1-8,24H,(H,21,26). The second kappa shape index (κ2) is 7.49. The molecular weight excluding hydrogens is 445 g/mol. The Bertz CT molecular complexity index is 1050. The molecule has 1 aromatic heterocycles. The maximum absolute atomic E-state index is 12.4. The quantitative estimate of drug-likeness (QED) is 0.619. The van der Waals surface area contributed by atoms with E-state index in [1.807, 2.05) is 0 Å². The third-order valence-corrected chi connectivity index (χ3v) is 4.64. The normalized spacial score (nSPS) is 10.6. The van der Waals surface area contributed by atoms with Crippen molar-refractivity contribution < 1.29 is 9.90 Å². The van der Waals surface area contributed by atoms with Crippen molar-refractivity contribution in [2.75, 3.05) is 5.32 Å². The van der Waals surface area contributed by atoms with Crippen molar-refractivity contribution in [3.63, 3.8) is 0 Å². The number of nitrogens with zero attached hydrogens (tertiary/aromatic N) is 2. The molecule has 1 amide bonds. The summed E-state index contributed by atoms with van der Waals surface area (Å²) in [6.45, 7) is 0. The lowest BCUT2D eigenvalue weighted by molar-refractivity contribution is 0.101. The van der Waals surface area contributed by atoms with Gasteiger partial charge in [0.05, 0.1) is 15.7 Å². The summed E-state index contributed by atoms with van der Waals surface area (Å²) in [4.78, 5) is 24.6. The number of hydrogen-bond donors (Lipinski definition) is 2. The molecule has 9 heteroatoms. The SMILES string of the molecule is O=C(Nc1ccc(Cl)c(Cl)c1)c1nn(-c2ccc(Br)cc2)c(=O)cc1O. The van der Waals surface area contributed by atoms with Crippen molar-refractivity contribution in [1.29, 1.82) is 0 Å². The average molecular weight is 455 g/mol. The molecule has 132 valence electrons. The van der Waals surface area contributed by atoms with Crippen LogP contribution in [0.3, 0.4) is 0 Å². The van der Waals surface area contributed by atoms with Crippen LogP contribution in [0.5, 0.6) is 5.75 Å². The molecule has 0 unspecified atom stereocenters. The van der Waals surface area contributed by atoms with E-state index in [2.05, 4.69) is 26.3 Å². The largest absolute Gasteiger partial charge is 0.505 e. The summed E-state index contributed by atoms with van der Waals surface area (Å²) >= 11 is 15.1. The summed E-state index contributed by atoms with van der Waals surface area (Å²) in [5, 5.41) is 17.1. The predicted octanol–water partition coefficient (Wildman–Crippen LogP) is 4.26. The van der Waals surface area contributed by atoms with Crippen molar-refractivity contribution in [1.82, 2.24) is 9.78 Å². The third-order valence-electron chi connectivity index (χ3n) is 3.38. The fourth-order valence-corrected chi connectivity index (χ4v) is 2.70. The molecule has 26 heavy (non-hydrogen) atoms. The number of anilines is 1. The van der Waals surface area contributed by atoms with Gasteiger partial charge in [0.15, 0.2) is 11.4 Å². The highest BCUT2D eigenvalue weighted by atomic mass is 79.9. The lowest BCUT2D eigenvalue weighted by Gasteiger charge is -2.10. The zero-order chi connectivity index (χ0) is 18.8. The lowest BCUT2D eigenvalue weighted by atomic mass is 10.2. The van der Waals surface area contributed by atoms with Crippen molar-refractivity contribution in [2.24, 2.45) is 0 Å². The van der Waals surface area contributed by atoms with Gasteiger partial charge in [0, 0.05) is 16.2 Å². The van der Waals surface area contributed by atoms with E-state index >= 15 is 0 Å². The van der Waals surface area contributed by atoms with Gasteiger partial charge in [0.25, 0.3) is 11.5 Å². The molecule has 0 aliphatic carbocycles. The Morgan fingerprint density at radius 2 is 1.77 bits per heavy atom. The summed E-state index contributed by atoms with van der Waals surface area (Å²) in [5.41, 5.74) is -0.0664. The molecule has 3 rings (SSSR count). The lowest BCUT2D eigenvalue weighted by Crippen LogP contribution is -2.25. The molecule has 6 nitrogen and oxygen atoms in total. The number of aromatic nitrogens is 2. The van der Waals surface area contributed by atoms with E-state index in [0.717, 1.165) is 15.2 Å². The topological polar surface area (TPSA) is 84.2 Å². The number of nitrogens with one attached hydrogen (secondary N) is 1. The fraction of sp³-hybridized carbons (Fsp3) is 0. The molecule has 0 aliphatic heterocycles. The smallest absolute Gasteiger partial charge is 0.279 e. The van der Waals surface area contributed by atoms with Gasteiger partial charge in [-0.3, -0.25) is 9.59 Å².